The number of carbonyl (C=O) groups excluding carboxylic acids is 1. The first-order chi connectivity index (χ1) is 14.1. The van der Waals surface area contributed by atoms with E-state index in [0.29, 0.717) is 53.6 Å². The number of benzene rings is 2. The van der Waals surface area contributed by atoms with Gasteiger partial charge in [0.2, 0.25) is 17.5 Å². The number of aromatic nitrogens is 1. The first-order valence-corrected chi connectivity index (χ1v) is 9.78. The fourth-order valence-corrected chi connectivity index (χ4v) is 3.74. The Balaban J connectivity index is 1.49. The Labute approximate surface area is 177 Å². The number of amides is 1. The number of halogens is 2. The van der Waals surface area contributed by atoms with Crippen LogP contribution >= 0.6 is 23.2 Å². The second-order valence-corrected chi connectivity index (χ2v) is 7.40. The number of hydrogen-bond acceptors (Lipinski definition) is 5. The largest absolute Gasteiger partial charge is 0.419 e. The molecule has 6 nitrogen and oxygen atoms in total. The Bertz CT molecular complexity index is 1080. The van der Waals surface area contributed by atoms with Crippen molar-refractivity contribution < 1.29 is 9.21 Å². The molecule has 1 amide bonds. The van der Waals surface area contributed by atoms with E-state index in [1.54, 1.807) is 23.1 Å². The number of nitriles is 1. The van der Waals surface area contributed by atoms with E-state index in [1.807, 2.05) is 35.2 Å². The third-order valence-corrected chi connectivity index (χ3v) is 5.30. The van der Waals surface area contributed by atoms with Gasteiger partial charge in [0.1, 0.15) is 6.07 Å². The van der Waals surface area contributed by atoms with Crippen LogP contribution in [0, 0.1) is 11.3 Å². The van der Waals surface area contributed by atoms with Gasteiger partial charge in [0, 0.05) is 36.8 Å². The summed E-state index contributed by atoms with van der Waals surface area (Å²) in [5, 5.41) is 10.3. The van der Waals surface area contributed by atoms with Crippen molar-refractivity contribution in [3.8, 4) is 17.5 Å². The van der Waals surface area contributed by atoms with Crippen LogP contribution in [0.25, 0.3) is 11.5 Å². The van der Waals surface area contributed by atoms with E-state index in [-0.39, 0.29) is 11.6 Å². The van der Waals surface area contributed by atoms with E-state index in [2.05, 4.69) is 11.1 Å². The van der Waals surface area contributed by atoms with Crippen molar-refractivity contribution in [2.24, 2.45) is 0 Å². The zero-order valence-electron chi connectivity index (χ0n) is 15.3. The van der Waals surface area contributed by atoms with Gasteiger partial charge in [0.05, 0.1) is 10.6 Å². The lowest BCUT2D eigenvalue weighted by Crippen LogP contribution is -2.49. The minimum atomic E-state index is -0.144. The van der Waals surface area contributed by atoms with E-state index in [9.17, 15) is 10.1 Å². The lowest BCUT2D eigenvalue weighted by atomic mass is 10.1. The number of piperazine rings is 1. The van der Waals surface area contributed by atoms with Crippen molar-refractivity contribution in [3.05, 3.63) is 69.8 Å². The molecule has 29 heavy (non-hydrogen) atoms. The highest BCUT2D eigenvalue weighted by atomic mass is 35.5. The maximum Gasteiger partial charge on any atom is 0.255 e. The molecule has 1 aliphatic rings. The topological polar surface area (TPSA) is 73.4 Å². The highest BCUT2D eigenvalue weighted by molar-refractivity contribution is 6.36. The normalized spacial score (nSPS) is 14.0. The highest BCUT2D eigenvalue weighted by Gasteiger charge is 2.27. The summed E-state index contributed by atoms with van der Waals surface area (Å²) < 4.78 is 5.90. The summed E-state index contributed by atoms with van der Waals surface area (Å²) in [6.45, 7) is 2.00. The molecule has 0 unspecified atom stereocenters. The molecule has 0 bridgehead atoms. The molecular formula is C21H16Cl2N4O2. The predicted octanol–water partition coefficient (Wildman–Crippen LogP) is 4.48. The molecule has 1 aromatic heterocycles. The van der Waals surface area contributed by atoms with Crippen molar-refractivity contribution in [3.63, 3.8) is 0 Å². The fraction of sp³-hybridized carbons (Fsp3) is 0.190. The SMILES string of the molecule is N#Cc1nc(-c2ccccc2)oc1N1CCN(C(=O)c2ccc(Cl)cc2Cl)CC1. The molecule has 0 radical (unpaired) electrons. The molecule has 0 spiro atoms. The van der Waals surface area contributed by atoms with Crippen LogP contribution in [0.4, 0.5) is 5.88 Å². The van der Waals surface area contributed by atoms with Crippen molar-refractivity contribution >= 4 is 35.0 Å². The number of rotatable bonds is 3. The monoisotopic (exact) mass is 426 g/mol. The van der Waals surface area contributed by atoms with Crippen LogP contribution in [0.1, 0.15) is 16.1 Å². The molecule has 0 N–H and O–H groups in total. The molecule has 8 heteroatoms. The summed E-state index contributed by atoms with van der Waals surface area (Å²) in [6.07, 6.45) is 0. The second kappa shape index (κ2) is 8.16. The minimum absolute atomic E-state index is 0.144. The van der Waals surface area contributed by atoms with Crippen molar-refractivity contribution in [1.82, 2.24) is 9.88 Å². The van der Waals surface area contributed by atoms with Crippen LogP contribution in [0.15, 0.2) is 52.9 Å². The van der Waals surface area contributed by atoms with Crippen molar-refractivity contribution in [1.29, 1.82) is 5.26 Å². The first-order valence-electron chi connectivity index (χ1n) is 9.02. The van der Waals surface area contributed by atoms with Gasteiger partial charge in [-0.1, -0.05) is 41.4 Å². The molecule has 1 aliphatic heterocycles. The van der Waals surface area contributed by atoms with Gasteiger partial charge in [0.15, 0.2) is 0 Å². The van der Waals surface area contributed by atoms with E-state index in [4.69, 9.17) is 27.6 Å². The number of oxazole rings is 1. The third-order valence-electron chi connectivity index (χ3n) is 4.75. The van der Waals surface area contributed by atoms with Gasteiger partial charge < -0.3 is 14.2 Å². The number of carbonyl (C=O) groups is 1. The second-order valence-electron chi connectivity index (χ2n) is 6.55. The molecular weight excluding hydrogens is 411 g/mol. The predicted molar refractivity (Wildman–Crippen MR) is 111 cm³/mol. The van der Waals surface area contributed by atoms with E-state index >= 15 is 0 Å². The Morgan fingerprint density at radius 2 is 1.79 bits per heavy atom. The molecule has 3 aromatic rings. The maximum absolute atomic E-state index is 12.8. The summed E-state index contributed by atoms with van der Waals surface area (Å²) in [5.74, 6) is 0.695. The van der Waals surface area contributed by atoms with E-state index < -0.39 is 0 Å². The van der Waals surface area contributed by atoms with Gasteiger partial charge in [-0.05, 0) is 30.3 Å². The average molecular weight is 427 g/mol. The summed E-state index contributed by atoms with van der Waals surface area (Å²) in [4.78, 5) is 20.8. The Morgan fingerprint density at radius 3 is 2.45 bits per heavy atom. The number of nitrogens with zero attached hydrogens (tertiary/aromatic N) is 4. The van der Waals surface area contributed by atoms with E-state index in [0.717, 1.165) is 5.56 Å². The zero-order chi connectivity index (χ0) is 20.4. The Hall–Kier alpha value is -3.01. The molecule has 2 aromatic carbocycles. The van der Waals surface area contributed by atoms with E-state index in [1.165, 1.54) is 0 Å². The van der Waals surface area contributed by atoms with Crippen LogP contribution in [0.3, 0.4) is 0 Å². The molecule has 0 aliphatic carbocycles. The zero-order valence-corrected chi connectivity index (χ0v) is 16.8. The van der Waals surface area contributed by atoms with Crippen LogP contribution in [-0.2, 0) is 0 Å². The van der Waals surface area contributed by atoms with Crippen LogP contribution < -0.4 is 4.90 Å². The molecule has 4 rings (SSSR count). The molecule has 1 fully saturated rings. The summed E-state index contributed by atoms with van der Waals surface area (Å²) in [7, 11) is 0. The standard InChI is InChI=1S/C21H16Cl2N4O2/c22-15-6-7-16(17(23)12-15)20(28)26-8-10-27(11-9-26)21-18(13-24)25-19(29-21)14-4-2-1-3-5-14/h1-7,12H,8-11H2. The van der Waals surface area contributed by atoms with Crippen LogP contribution in [0.5, 0.6) is 0 Å². The van der Waals surface area contributed by atoms with Crippen molar-refractivity contribution in [2.75, 3.05) is 31.1 Å². The molecule has 2 heterocycles. The average Bonchev–Trinajstić information content (AvgIpc) is 3.19. The van der Waals surface area contributed by atoms with Gasteiger partial charge in [-0.3, -0.25) is 4.79 Å². The molecule has 0 atom stereocenters. The lowest BCUT2D eigenvalue weighted by Gasteiger charge is -2.34. The highest BCUT2D eigenvalue weighted by Crippen LogP contribution is 2.29. The minimum Gasteiger partial charge on any atom is -0.419 e. The smallest absolute Gasteiger partial charge is 0.255 e. The quantitative estimate of drug-likeness (QED) is 0.616. The van der Waals surface area contributed by atoms with Gasteiger partial charge in [0.25, 0.3) is 5.91 Å². The first kappa shape index (κ1) is 19.3. The number of anilines is 1. The van der Waals surface area contributed by atoms with Gasteiger partial charge >= 0.3 is 0 Å². The van der Waals surface area contributed by atoms with Crippen LogP contribution in [0.2, 0.25) is 10.0 Å². The van der Waals surface area contributed by atoms with Crippen LogP contribution in [-0.4, -0.2) is 42.0 Å². The van der Waals surface area contributed by atoms with Crippen molar-refractivity contribution in [2.45, 2.75) is 0 Å². The summed E-state index contributed by atoms with van der Waals surface area (Å²) >= 11 is 12.1. The molecule has 0 saturated carbocycles. The van der Waals surface area contributed by atoms with Gasteiger partial charge in [-0.15, -0.1) is 0 Å². The fourth-order valence-electron chi connectivity index (χ4n) is 3.25. The Morgan fingerprint density at radius 1 is 1.07 bits per heavy atom. The Kier molecular flexibility index (Phi) is 5.43. The van der Waals surface area contributed by atoms with Gasteiger partial charge in [-0.2, -0.15) is 10.2 Å². The summed E-state index contributed by atoms with van der Waals surface area (Å²) in [5.41, 5.74) is 1.47. The third kappa shape index (κ3) is 3.93. The molecule has 1 saturated heterocycles. The maximum atomic E-state index is 12.8. The molecule has 146 valence electrons. The number of hydrogen-bond donors (Lipinski definition) is 0. The summed E-state index contributed by atoms with van der Waals surface area (Å²) in [6, 6.07) is 16.4. The van der Waals surface area contributed by atoms with Gasteiger partial charge in [-0.25, -0.2) is 0 Å². The lowest BCUT2D eigenvalue weighted by molar-refractivity contribution is 0.0745.